The first-order chi connectivity index (χ1) is 17.8. The zero-order chi connectivity index (χ0) is 26.3. The number of anilines is 2. The Balaban J connectivity index is 1.38. The van der Waals surface area contributed by atoms with Gasteiger partial charge in [0, 0.05) is 36.6 Å². The number of hydrogen-bond donors (Lipinski definition) is 1. The summed E-state index contributed by atoms with van der Waals surface area (Å²) in [6.07, 6.45) is 1.79. The maximum atomic E-state index is 13.5. The molecule has 4 aromatic rings. The molecule has 1 atom stereocenters. The molecule has 2 aromatic heterocycles. The van der Waals surface area contributed by atoms with E-state index in [2.05, 4.69) is 41.3 Å². The van der Waals surface area contributed by atoms with Gasteiger partial charge in [-0.05, 0) is 70.0 Å². The highest BCUT2D eigenvalue weighted by molar-refractivity contribution is 7.99. The fourth-order valence-electron chi connectivity index (χ4n) is 4.99. The molecule has 0 aliphatic carbocycles. The molecule has 8 nitrogen and oxygen atoms in total. The number of rotatable bonds is 7. The first-order valence-electron chi connectivity index (χ1n) is 12.7. The van der Waals surface area contributed by atoms with E-state index < -0.39 is 0 Å². The van der Waals surface area contributed by atoms with Gasteiger partial charge in [0.05, 0.1) is 17.9 Å². The largest absolute Gasteiger partial charge is 0.372 e. The van der Waals surface area contributed by atoms with Crippen LogP contribution in [0.4, 0.5) is 11.4 Å². The zero-order valence-electron chi connectivity index (χ0n) is 21.9. The first kappa shape index (κ1) is 25.1. The first-order valence-corrected chi connectivity index (χ1v) is 13.6. The molecule has 1 aliphatic rings. The summed E-state index contributed by atoms with van der Waals surface area (Å²) in [6.45, 7) is 12.2. The minimum Gasteiger partial charge on any atom is -0.372 e. The van der Waals surface area contributed by atoms with Gasteiger partial charge < -0.3 is 10.2 Å². The molecule has 9 heteroatoms. The Morgan fingerprint density at radius 2 is 1.89 bits per heavy atom. The Labute approximate surface area is 220 Å². The van der Waals surface area contributed by atoms with E-state index in [1.165, 1.54) is 17.3 Å². The van der Waals surface area contributed by atoms with Crippen LogP contribution in [0.25, 0.3) is 16.7 Å². The van der Waals surface area contributed by atoms with Crippen LogP contribution >= 0.6 is 11.8 Å². The van der Waals surface area contributed by atoms with Gasteiger partial charge in [0.1, 0.15) is 5.39 Å². The number of aryl methyl sites for hydroxylation is 3. The van der Waals surface area contributed by atoms with Crippen molar-refractivity contribution >= 4 is 40.1 Å². The SMILES string of the molecule is CCN(CC)c1ccc(NC(=O)CC2CSc3nc4c(cnn4-c4ccc(C)cc4C)c(=O)n32)c(C)c1. The average molecular weight is 517 g/mol. The van der Waals surface area contributed by atoms with E-state index in [0.29, 0.717) is 21.9 Å². The van der Waals surface area contributed by atoms with Gasteiger partial charge in [-0.15, -0.1) is 0 Å². The number of carbonyl (C=O) groups excluding carboxylic acids is 1. The number of nitrogens with one attached hydrogen (secondary N) is 1. The summed E-state index contributed by atoms with van der Waals surface area (Å²) in [7, 11) is 0. The van der Waals surface area contributed by atoms with Gasteiger partial charge in [-0.3, -0.25) is 14.2 Å². The summed E-state index contributed by atoms with van der Waals surface area (Å²) < 4.78 is 3.40. The van der Waals surface area contributed by atoms with Crippen molar-refractivity contribution in [3.63, 3.8) is 0 Å². The molecule has 0 saturated heterocycles. The van der Waals surface area contributed by atoms with Gasteiger partial charge in [-0.25, -0.2) is 9.67 Å². The van der Waals surface area contributed by atoms with E-state index in [0.717, 1.165) is 41.3 Å². The summed E-state index contributed by atoms with van der Waals surface area (Å²) in [6, 6.07) is 11.9. The van der Waals surface area contributed by atoms with Crippen LogP contribution in [0.3, 0.4) is 0 Å². The lowest BCUT2D eigenvalue weighted by Gasteiger charge is -2.22. The summed E-state index contributed by atoms with van der Waals surface area (Å²) in [5, 5.41) is 8.62. The van der Waals surface area contributed by atoms with E-state index in [1.807, 2.05) is 45.0 Å². The molecule has 0 bridgehead atoms. The second-order valence-electron chi connectivity index (χ2n) is 9.54. The maximum absolute atomic E-state index is 13.5. The van der Waals surface area contributed by atoms with Gasteiger partial charge >= 0.3 is 0 Å². The number of nitrogens with zero attached hydrogens (tertiary/aromatic N) is 5. The molecule has 0 radical (unpaired) electrons. The Kier molecular flexibility index (Phi) is 6.81. The normalized spacial score (nSPS) is 14.7. The van der Waals surface area contributed by atoms with Gasteiger partial charge in [-0.2, -0.15) is 5.10 Å². The smallest absolute Gasteiger partial charge is 0.265 e. The predicted octanol–water partition coefficient (Wildman–Crippen LogP) is 5.03. The monoisotopic (exact) mass is 516 g/mol. The number of thioether (sulfide) groups is 1. The molecule has 1 unspecified atom stereocenters. The molecule has 0 saturated carbocycles. The molecule has 2 aromatic carbocycles. The van der Waals surface area contributed by atoms with Crippen LogP contribution in [0.1, 0.15) is 43.0 Å². The van der Waals surface area contributed by atoms with Crippen LogP contribution in [-0.4, -0.2) is 44.1 Å². The lowest BCUT2D eigenvalue weighted by molar-refractivity contribution is -0.116. The fourth-order valence-corrected chi connectivity index (χ4v) is 6.12. The molecule has 192 valence electrons. The van der Waals surface area contributed by atoms with Crippen LogP contribution in [0.5, 0.6) is 0 Å². The average Bonchev–Trinajstić information content (AvgIpc) is 3.46. The highest BCUT2D eigenvalue weighted by Gasteiger charge is 2.30. The Hall–Kier alpha value is -3.59. The molecule has 1 N–H and O–H groups in total. The quantitative estimate of drug-likeness (QED) is 0.347. The molecule has 0 spiro atoms. The van der Waals surface area contributed by atoms with Gasteiger partial charge in [-0.1, -0.05) is 29.5 Å². The zero-order valence-corrected chi connectivity index (χ0v) is 22.7. The number of benzene rings is 2. The minimum absolute atomic E-state index is 0.116. The number of amides is 1. The second-order valence-corrected chi connectivity index (χ2v) is 10.5. The number of fused-ring (bicyclic) bond motifs is 2. The molecular formula is C28H32N6O2S. The van der Waals surface area contributed by atoms with Crippen LogP contribution < -0.4 is 15.8 Å². The fraction of sp³-hybridized carbons (Fsp3) is 0.357. The summed E-state index contributed by atoms with van der Waals surface area (Å²) in [5.74, 6) is 0.509. The molecule has 1 amide bonds. The summed E-state index contributed by atoms with van der Waals surface area (Å²) in [4.78, 5) is 33.6. The topological polar surface area (TPSA) is 85.1 Å². The maximum Gasteiger partial charge on any atom is 0.265 e. The van der Waals surface area contributed by atoms with Crippen molar-refractivity contribution in [1.29, 1.82) is 0 Å². The molecule has 0 fully saturated rings. The highest BCUT2D eigenvalue weighted by Crippen LogP contribution is 2.34. The minimum atomic E-state index is -0.260. The van der Waals surface area contributed by atoms with Gasteiger partial charge in [0.2, 0.25) is 5.91 Å². The van der Waals surface area contributed by atoms with Crippen molar-refractivity contribution < 1.29 is 4.79 Å². The summed E-state index contributed by atoms with van der Waals surface area (Å²) in [5.41, 5.74) is 6.47. The van der Waals surface area contributed by atoms with Crippen LogP contribution in [0.2, 0.25) is 0 Å². The van der Waals surface area contributed by atoms with Crippen molar-refractivity contribution in [1.82, 2.24) is 19.3 Å². The standard InChI is InChI=1S/C28H32N6O2S/c1-6-32(7-2)20-9-10-23(18(4)13-20)30-25(35)14-21-16-37-28-31-26-22(27(36)33(21)28)15-29-34(26)24-11-8-17(3)12-19(24)5/h8-13,15,21H,6-7,14,16H2,1-5H3,(H,30,35). The Morgan fingerprint density at radius 1 is 1.11 bits per heavy atom. The third-order valence-corrected chi connectivity index (χ3v) is 8.08. The van der Waals surface area contributed by atoms with Crippen LogP contribution in [-0.2, 0) is 4.79 Å². The molecule has 37 heavy (non-hydrogen) atoms. The highest BCUT2D eigenvalue weighted by atomic mass is 32.2. The van der Waals surface area contributed by atoms with Gasteiger partial charge in [0.15, 0.2) is 10.8 Å². The molecule has 1 aliphatic heterocycles. The third-order valence-electron chi connectivity index (χ3n) is 6.98. The Bertz CT molecular complexity index is 1550. The van der Waals surface area contributed by atoms with Crippen molar-refractivity contribution in [2.24, 2.45) is 0 Å². The summed E-state index contributed by atoms with van der Waals surface area (Å²) >= 11 is 1.51. The van der Waals surface area contributed by atoms with E-state index in [1.54, 1.807) is 15.4 Å². The molecule has 3 heterocycles. The van der Waals surface area contributed by atoms with Crippen molar-refractivity contribution in [2.45, 2.75) is 52.2 Å². The second kappa shape index (κ2) is 10.0. The number of aromatic nitrogens is 4. The molecular weight excluding hydrogens is 484 g/mol. The lowest BCUT2D eigenvalue weighted by Crippen LogP contribution is -2.28. The Morgan fingerprint density at radius 3 is 2.59 bits per heavy atom. The van der Waals surface area contributed by atoms with Crippen molar-refractivity contribution in [3.8, 4) is 5.69 Å². The van der Waals surface area contributed by atoms with Crippen LogP contribution in [0.15, 0.2) is 52.5 Å². The lowest BCUT2D eigenvalue weighted by atomic mass is 10.1. The van der Waals surface area contributed by atoms with Crippen molar-refractivity contribution in [3.05, 3.63) is 69.6 Å². The van der Waals surface area contributed by atoms with E-state index in [-0.39, 0.29) is 23.9 Å². The van der Waals surface area contributed by atoms with E-state index in [4.69, 9.17) is 4.98 Å². The van der Waals surface area contributed by atoms with Gasteiger partial charge in [0.25, 0.3) is 5.56 Å². The predicted molar refractivity (Wildman–Crippen MR) is 150 cm³/mol. The van der Waals surface area contributed by atoms with Crippen molar-refractivity contribution in [2.75, 3.05) is 29.1 Å². The number of carbonyl (C=O) groups is 1. The van der Waals surface area contributed by atoms with Crippen LogP contribution in [0, 0.1) is 20.8 Å². The molecule has 5 rings (SSSR count). The number of hydrogen-bond acceptors (Lipinski definition) is 6. The van der Waals surface area contributed by atoms with E-state index in [9.17, 15) is 9.59 Å². The third kappa shape index (κ3) is 4.64. The van der Waals surface area contributed by atoms with E-state index >= 15 is 0 Å².